The molecule has 3 rings (SSSR count). The fraction of sp³-hybridized carbons (Fsp3) is 0.938. The first kappa shape index (κ1) is 16.1. The van der Waals surface area contributed by atoms with Gasteiger partial charge in [0.1, 0.15) is 0 Å². The average Bonchev–Trinajstić information content (AvgIpc) is 3.06. The minimum Gasteiger partial charge on any atom is -0.342 e. The topological polar surface area (TPSA) is 46.3 Å². The van der Waals surface area contributed by atoms with Crippen LogP contribution in [0.25, 0.3) is 0 Å². The van der Waals surface area contributed by atoms with Crippen LogP contribution in [-0.2, 0) is 4.79 Å². The van der Waals surface area contributed by atoms with Gasteiger partial charge in [-0.25, -0.2) is 0 Å². The number of amides is 1. The summed E-state index contributed by atoms with van der Waals surface area (Å²) >= 11 is 0. The van der Waals surface area contributed by atoms with Crippen LogP contribution in [-0.4, -0.2) is 29.9 Å². The van der Waals surface area contributed by atoms with Gasteiger partial charge in [0.25, 0.3) is 0 Å². The van der Waals surface area contributed by atoms with Crippen molar-refractivity contribution in [3.05, 3.63) is 0 Å². The number of hydrogen-bond donors (Lipinski definition) is 1. The monoisotopic (exact) mass is 300 g/mol. The van der Waals surface area contributed by atoms with E-state index in [-0.39, 0.29) is 17.8 Å². The number of carbonyl (C=O) groups is 1. The van der Waals surface area contributed by atoms with E-state index in [1.54, 1.807) is 0 Å². The second-order valence-corrected chi connectivity index (χ2v) is 7.07. The predicted molar refractivity (Wildman–Crippen MR) is 83.8 cm³/mol. The van der Waals surface area contributed by atoms with Crippen molar-refractivity contribution in [2.24, 2.45) is 23.0 Å². The number of nitrogens with zero attached hydrogens (tertiary/aromatic N) is 1. The quantitative estimate of drug-likeness (QED) is 0.852. The molecule has 0 aromatic rings. The Balaban J connectivity index is 0.00000147. The molecule has 3 unspecified atom stereocenters. The van der Waals surface area contributed by atoms with Crippen LogP contribution in [0.3, 0.4) is 0 Å². The van der Waals surface area contributed by atoms with Crippen molar-refractivity contribution >= 4 is 18.3 Å². The van der Waals surface area contributed by atoms with Gasteiger partial charge in [0, 0.05) is 24.5 Å². The molecule has 2 saturated carbocycles. The number of likely N-dealkylation sites (tertiary alicyclic amines) is 1. The van der Waals surface area contributed by atoms with E-state index in [2.05, 4.69) is 11.8 Å². The van der Waals surface area contributed by atoms with Crippen molar-refractivity contribution in [3.63, 3.8) is 0 Å². The fourth-order valence-electron chi connectivity index (χ4n) is 4.79. The third-order valence-corrected chi connectivity index (χ3v) is 6.13. The van der Waals surface area contributed by atoms with Crippen molar-refractivity contribution in [1.82, 2.24) is 4.90 Å². The number of rotatable bonds is 2. The van der Waals surface area contributed by atoms with Crippen molar-refractivity contribution in [1.29, 1.82) is 0 Å². The fourth-order valence-corrected chi connectivity index (χ4v) is 4.79. The maximum absolute atomic E-state index is 12.9. The maximum Gasteiger partial charge on any atom is 0.228 e. The summed E-state index contributed by atoms with van der Waals surface area (Å²) in [7, 11) is 0. The lowest BCUT2D eigenvalue weighted by Crippen LogP contribution is -2.42. The van der Waals surface area contributed by atoms with Crippen molar-refractivity contribution < 1.29 is 4.79 Å². The molecule has 1 amide bonds. The summed E-state index contributed by atoms with van der Waals surface area (Å²) in [5.41, 5.74) is 6.25. The van der Waals surface area contributed by atoms with Gasteiger partial charge in [-0.2, -0.15) is 0 Å². The second kappa shape index (κ2) is 6.23. The zero-order valence-corrected chi connectivity index (χ0v) is 13.5. The molecule has 1 saturated heterocycles. The Morgan fingerprint density at radius 2 is 1.90 bits per heavy atom. The minimum atomic E-state index is -0.0163. The van der Waals surface area contributed by atoms with Crippen molar-refractivity contribution in [3.8, 4) is 0 Å². The Bertz CT molecular complexity index is 354. The zero-order chi connectivity index (χ0) is 13.5. The molecule has 2 N–H and O–H groups in total. The molecule has 1 heterocycles. The standard InChI is InChI=1S/C16H28N2O.ClH/c1-2-16(8-3-4-9-16)15(19)18-10-12-6-5-7-14(17)13(12)11-18;/h12-14H,2-11,17H2,1H3;1H. The highest BCUT2D eigenvalue weighted by Gasteiger charge is 2.47. The summed E-state index contributed by atoms with van der Waals surface area (Å²) in [4.78, 5) is 15.1. The van der Waals surface area contributed by atoms with E-state index in [1.165, 1.54) is 25.7 Å². The Morgan fingerprint density at radius 3 is 2.50 bits per heavy atom. The number of halogens is 1. The molecule has 3 fully saturated rings. The first-order valence-corrected chi connectivity index (χ1v) is 8.21. The number of carbonyl (C=O) groups excluding carboxylic acids is 1. The molecule has 1 aliphatic heterocycles. The Hall–Kier alpha value is -0.280. The molecule has 0 radical (unpaired) electrons. The normalized spacial score (nSPS) is 35.5. The van der Waals surface area contributed by atoms with Crippen molar-refractivity contribution in [2.45, 2.75) is 64.3 Å². The van der Waals surface area contributed by atoms with E-state index >= 15 is 0 Å². The van der Waals surface area contributed by atoms with Gasteiger partial charge in [0.2, 0.25) is 5.91 Å². The highest BCUT2D eigenvalue weighted by Crippen LogP contribution is 2.45. The van der Waals surface area contributed by atoms with Crippen LogP contribution < -0.4 is 5.73 Å². The maximum atomic E-state index is 12.9. The van der Waals surface area contributed by atoms with E-state index in [4.69, 9.17) is 5.73 Å². The molecule has 2 aliphatic carbocycles. The summed E-state index contributed by atoms with van der Waals surface area (Å²) in [5, 5.41) is 0. The van der Waals surface area contributed by atoms with Gasteiger partial charge in [-0.05, 0) is 43.9 Å². The van der Waals surface area contributed by atoms with E-state index in [0.29, 0.717) is 23.8 Å². The number of fused-ring (bicyclic) bond motifs is 1. The third-order valence-electron chi connectivity index (χ3n) is 6.13. The Kier molecular flexibility index (Phi) is 5.01. The molecule has 20 heavy (non-hydrogen) atoms. The van der Waals surface area contributed by atoms with Crippen LogP contribution in [0.15, 0.2) is 0 Å². The zero-order valence-electron chi connectivity index (χ0n) is 12.6. The molecule has 0 aromatic heterocycles. The van der Waals surface area contributed by atoms with E-state index in [9.17, 15) is 4.79 Å². The summed E-state index contributed by atoms with van der Waals surface area (Å²) in [6.45, 7) is 4.11. The molecule has 3 atom stereocenters. The second-order valence-electron chi connectivity index (χ2n) is 7.07. The molecule has 0 aromatic carbocycles. The molecule has 0 bridgehead atoms. The average molecular weight is 301 g/mol. The minimum absolute atomic E-state index is 0. The van der Waals surface area contributed by atoms with Gasteiger partial charge < -0.3 is 10.6 Å². The van der Waals surface area contributed by atoms with Crippen LogP contribution in [0.2, 0.25) is 0 Å². The highest BCUT2D eigenvalue weighted by molar-refractivity contribution is 5.85. The molecular formula is C16H29ClN2O. The molecule has 3 nitrogen and oxygen atoms in total. The first-order chi connectivity index (χ1) is 9.16. The molecule has 116 valence electrons. The van der Waals surface area contributed by atoms with Crippen LogP contribution >= 0.6 is 12.4 Å². The summed E-state index contributed by atoms with van der Waals surface area (Å²) in [5.74, 6) is 1.71. The largest absolute Gasteiger partial charge is 0.342 e. The number of nitrogens with two attached hydrogens (primary N) is 1. The molecule has 0 spiro atoms. The van der Waals surface area contributed by atoms with Crippen LogP contribution in [0, 0.1) is 17.3 Å². The van der Waals surface area contributed by atoms with Gasteiger partial charge in [-0.3, -0.25) is 4.79 Å². The summed E-state index contributed by atoms with van der Waals surface area (Å²) in [6, 6.07) is 0.331. The first-order valence-electron chi connectivity index (χ1n) is 8.21. The summed E-state index contributed by atoms with van der Waals surface area (Å²) < 4.78 is 0. The van der Waals surface area contributed by atoms with E-state index in [1.807, 2.05) is 0 Å². The molecular weight excluding hydrogens is 272 g/mol. The van der Waals surface area contributed by atoms with Crippen LogP contribution in [0.5, 0.6) is 0 Å². The van der Waals surface area contributed by atoms with E-state index in [0.717, 1.165) is 38.8 Å². The Labute approximate surface area is 129 Å². The van der Waals surface area contributed by atoms with Gasteiger partial charge in [0.05, 0.1) is 0 Å². The van der Waals surface area contributed by atoms with Gasteiger partial charge in [-0.15, -0.1) is 12.4 Å². The SMILES string of the molecule is CCC1(C(=O)N2CC3CCCC(N)C3C2)CCCC1.Cl. The third kappa shape index (κ3) is 2.59. The summed E-state index contributed by atoms with van der Waals surface area (Å²) in [6.07, 6.45) is 9.40. The lowest BCUT2D eigenvalue weighted by molar-refractivity contribution is -0.141. The van der Waals surface area contributed by atoms with Gasteiger partial charge >= 0.3 is 0 Å². The highest BCUT2D eigenvalue weighted by atomic mass is 35.5. The number of hydrogen-bond acceptors (Lipinski definition) is 2. The van der Waals surface area contributed by atoms with Crippen LogP contribution in [0.4, 0.5) is 0 Å². The van der Waals surface area contributed by atoms with Crippen molar-refractivity contribution in [2.75, 3.05) is 13.1 Å². The predicted octanol–water partition coefficient (Wildman–Crippen LogP) is 2.96. The van der Waals surface area contributed by atoms with E-state index < -0.39 is 0 Å². The van der Waals surface area contributed by atoms with Crippen LogP contribution in [0.1, 0.15) is 58.3 Å². The lowest BCUT2D eigenvalue weighted by Gasteiger charge is -2.31. The van der Waals surface area contributed by atoms with Gasteiger partial charge in [-0.1, -0.05) is 26.2 Å². The smallest absolute Gasteiger partial charge is 0.228 e. The molecule has 3 aliphatic rings. The lowest BCUT2D eigenvalue weighted by atomic mass is 9.78. The Morgan fingerprint density at radius 1 is 1.20 bits per heavy atom. The molecule has 4 heteroatoms. The van der Waals surface area contributed by atoms with Gasteiger partial charge in [0.15, 0.2) is 0 Å².